The van der Waals surface area contributed by atoms with E-state index in [1.54, 1.807) is 30.3 Å². The number of hydrazone groups is 1. The molecule has 11 heteroatoms. The Bertz CT molecular complexity index is 1530. The van der Waals surface area contributed by atoms with Gasteiger partial charge in [0.05, 0.1) is 12.6 Å². The summed E-state index contributed by atoms with van der Waals surface area (Å²) in [5.41, 5.74) is 8.49. The molecule has 5 rings (SSSR count). The highest BCUT2D eigenvalue weighted by molar-refractivity contribution is 6.47. The van der Waals surface area contributed by atoms with E-state index in [0.29, 0.717) is 70.7 Å². The van der Waals surface area contributed by atoms with Crippen molar-refractivity contribution < 1.29 is 13.7 Å². The van der Waals surface area contributed by atoms with Crippen LogP contribution in [0.2, 0.25) is 10.0 Å². The van der Waals surface area contributed by atoms with Crippen molar-refractivity contribution in [1.82, 2.24) is 26.7 Å². The van der Waals surface area contributed by atoms with Crippen molar-refractivity contribution in [2.75, 3.05) is 6.54 Å². The van der Waals surface area contributed by atoms with Gasteiger partial charge in [-0.3, -0.25) is 20.0 Å². The van der Waals surface area contributed by atoms with E-state index in [1.807, 2.05) is 30.9 Å². The first-order valence-corrected chi connectivity index (χ1v) is 16.0. The largest absolute Gasteiger partial charge is 0.345 e. The molecule has 2 aliphatic heterocycles. The van der Waals surface area contributed by atoms with Crippen LogP contribution in [0.25, 0.3) is 0 Å². The Morgan fingerprint density at radius 1 is 1.13 bits per heavy atom. The summed E-state index contributed by atoms with van der Waals surface area (Å²) < 4.78 is 24.6. The summed E-state index contributed by atoms with van der Waals surface area (Å²) in [6.07, 6.45) is 3.83. The summed E-state index contributed by atoms with van der Waals surface area (Å²) in [6.45, 7) is 6.05. The summed E-state index contributed by atoms with van der Waals surface area (Å²) in [4.78, 5) is 34.6. The normalized spacial score (nSPS) is 23.3. The summed E-state index contributed by atoms with van der Waals surface area (Å²) in [6, 6.07) is 12.1. The average molecular weight is 660 g/mol. The molecule has 1 fully saturated rings. The molecule has 1 atom stereocenters. The first-order chi connectivity index (χ1) is 22.1. The molecule has 0 bridgehead atoms. The van der Waals surface area contributed by atoms with Gasteiger partial charge in [-0.15, -0.1) is 10.6 Å². The van der Waals surface area contributed by atoms with Crippen LogP contribution in [-0.4, -0.2) is 40.5 Å². The van der Waals surface area contributed by atoms with Crippen molar-refractivity contribution in [1.29, 1.82) is 0 Å². The molecule has 244 valence electrons. The lowest BCUT2D eigenvalue weighted by molar-refractivity contribution is -0.133. The zero-order valence-electron chi connectivity index (χ0n) is 28.6. The molecule has 2 heterocycles. The number of carbonyl (C=O) groups is 2. The number of hydrogen-bond acceptors (Lipinski definition) is 7. The number of benzene rings is 2. The van der Waals surface area contributed by atoms with Gasteiger partial charge in [0.15, 0.2) is 5.84 Å². The third kappa shape index (κ3) is 7.81. The van der Waals surface area contributed by atoms with Crippen LogP contribution >= 0.6 is 23.2 Å². The Kier molecular flexibility index (Phi) is 9.56. The molecule has 3 aliphatic rings. The Morgan fingerprint density at radius 2 is 1.80 bits per heavy atom. The van der Waals surface area contributed by atoms with Gasteiger partial charge in [0.1, 0.15) is 11.4 Å². The number of aliphatic imine (C=N–C) groups is 1. The molecule has 2 aromatic carbocycles. The molecule has 4 N–H and O–H groups in total. The number of amides is 2. The van der Waals surface area contributed by atoms with Crippen molar-refractivity contribution in [2.45, 2.75) is 92.2 Å². The van der Waals surface area contributed by atoms with Gasteiger partial charge in [-0.1, -0.05) is 77.3 Å². The molecule has 0 unspecified atom stereocenters. The van der Waals surface area contributed by atoms with Crippen molar-refractivity contribution in [3.8, 4) is 0 Å². The fourth-order valence-electron chi connectivity index (χ4n) is 6.44. The van der Waals surface area contributed by atoms with Crippen molar-refractivity contribution in [2.24, 2.45) is 27.3 Å². The van der Waals surface area contributed by atoms with Gasteiger partial charge in [-0.05, 0) is 91.7 Å². The Balaban J connectivity index is 0.00000520. The number of hydrogen-bond donors (Lipinski definition) is 4. The lowest BCUT2D eigenvalue weighted by Crippen LogP contribution is -2.51. The second-order valence-corrected chi connectivity index (χ2v) is 13.9. The van der Waals surface area contributed by atoms with Gasteiger partial charge < -0.3 is 10.2 Å². The van der Waals surface area contributed by atoms with Crippen LogP contribution in [0, 0.1) is 17.3 Å². The molecule has 1 saturated carbocycles. The van der Waals surface area contributed by atoms with Gasteiger partial charge in [-0.2, -0.15) is 0 Å². The zero-order chi connectivity index (χ0) is 34.1. The third-order valence-corrected chi connectivity index (χ3v) is 9.33. The standard InChI is InChI=1S/C33H43Cl2N7O2.CH4/c1-20(2)6-11-27(21-7-9-22(10-8-21)30(43)36-19-28-38-40-41-39-28)42-31(44)29(23-16-25(34)18-26(35)17-23)37-33(42)14-12-24(13-15-33)32(3,4)5;/h7-10,16-18,20,24,27,40-41H,6,11-15,19H2,1-5H3,(H,36,43)(H,38,39);1H4/t24?,27-,33?;/m1./s1/i3D3;. The first kappa shape index (κ1) is 30.5. The highest BCUT2D eigenvalue weighted by Crippen LogP contribution is 2.50. The zero-order valence-corrected chi connectivity index (χ0v) is 27.1. The number of halogens is 2. The molecular formula is C34H47Cl2N7O2. The van der Waals surface area contributed by atoms with Crippen molar-refractivity contribution in [3.63, 3.8) is 0 Å². The molecular weight excluding hydrogens is 609 g/mol. The van der Waals surface area contributed by atoms with E-state index in [1.165, 1.54) is 0 Å². The molecule has 0 aromatic heterocycles. The van der Waals surface area contributed by atoms with Gasteiger partial charge >= 0.3 is 0 Å². The summed E-state index contributed by atoms with van der Waals surface area (Å²) in [7, 11) is 0. The van der Waals surface area contributed by atoms with E-state index in [9.17, 15) is 9.59 Å². The molecule has 2 aromatic rings. The van der Waals surface area contributed by atoms with Crippen LogP contribution in [-0.2, 0) is 4.79 Å². The van der Waals surface area contributed by atoms with Gasteiger partial charge in [0, 0.05) is 25.3 Å². The third-order valence-electron chi connectivity index (χ3n) is 8.89. The van der Waals surface area contributed by atoms with Crippen LogP contribution in [0.1, 0.15) is 112 Å². The average Bonchev–Trinajstić information content (AvgIpc) is 3.62. The highest BCUT2D eigenvalue weighted by atomic mass is 35.5. The molecule has 0 radical (unpaired) electrons. The number of rotatable bonds is 9. The minimum Gasteiger partial charge on any atom is -0.345 e. The summed E-state index contributed by atoms with van der Waals surface area (Å²) in [5.74, 6) is 0.422. The highest BCUT2D eigenvalue weighted by Gasteiger charge is 2.52. The van der Waals surface area contributed by atoms with Crippen LogP contribution in [0.5, 0.6) is 0 Å². The van der Waals surface area contributed by atoms with E-state index in [2.05, 4.69) is 40.8 Å². The SMILES string of the molecule is C.[2H]C([2H])([2H])C(C)(C)C1CCC2(CC1)N=C(c1cc(Cl)cc(Cl)c1)C(=O)N2[C@H](CCC(C)C)c1ccc(C(=O)NCC2=NNNN2)cc1. The van der Waals surface area contributed by atoms with Gasteiger partial charge in [0.25, 0.3) is 11.8 Å². The van der Waals surface area contributed by atoms with E-state index in [0.717, 1.165) is 12.0 Å². The van der Waals surface area contributed by atoms with Crippen LogP contribution < -0.4 is 21.8 Å². The van der Waals surface area contributed by atoms with Crippen LogP contribution in [0.15, 0.2) is 52.6 Å². The fourth-order valence-corrected chi connectivity index (χ4v) is 6.97. The maximum Gasteiger partial charge on any atom is 0.275 e. The maximum atomic E-state index is 14.6. The van der Waals surface area contributed by atoms with E-state index in [-0.39, 0.29) is 37.7 Å². The molecule has 45 heavy (non-hydrogen) atoms. The second kappa shape index (κ2) is 14.1. The molecule has 0 saturated heterocycles. The lowest BCUT2D eigenvalue weighted by Gasteiger charge is -2.47. The minimum absolute atomic E-state index is 0. The molecule has 2 amide bonds. The molecule has 1 spiro atoms. The maximum absolute atomic E-state index is 14.6. The Morgan fingerprint density at radius 3 is 2.38 bits per heavy atom. The van der Waals surface area contributed by atoms with Crippen LogP contribution in [0.3, 0.4) is 0 Å². The molecule has 1 aliphatic carbocycles. The topological polar surface area (TPSA) is 110 Å². The number of carbonyl (C=O) groups excluding carboxylic acids is 2. The first-order valence-electron chi connectivity index (χ1n) is 16.7. The summed E-state index contributed by atoms with van der Waals surface area (Å²) in [5, 5.41) is 7.63. The number of amidine groups is 1. The van der Waals surface area contributed by atoms with Gasteiger partial charge in [0.2, 0.25) is 0 Å². The van der Waals surface area contributed by atoms with Gasteiger partial charge in [-0.25, -0.2) is 5.53 Å². The number of hydrazine groups is 2. The Hall–Kier alpha value is -3.14. The van der Waals surface area contributed by atoms with E-state index >= 15 is 0 Å². The Labute approximate surface area is 281 Å². The van der Waals surface area contributed by atoms with Crippen molar-refractivity contribution in [3.05, 3.63) is 69.2 Å². The number of nitrogens with one attached hydrogen (secondary N) is 4. The minimum atomic E-state index is -2.11. The summed E-state index contributed by atoms with van der Waals surface area (Å²) >= 11 is 12.8. The molecule has 9 nitrogen and oxygen atoms in total. The van der Waals surface area contributed by atoms with Crippen LogP contribution in [0.4, 0.5) is 0 Å². The number of nitrogens with zero attached hydrogens (tertiary/aromatic N) is 3. The van der Waals surface area contributed by atoms with E-state index < -0.39 is 17.9 Å². The lowest BCUT2D eigenvalue weighted by atomic mass is 9.69. The quantitative estimate of drug-likeness (QED) is 0.231. The van der Waals surface area contributed by atoms with E-state index in [4.69, 9.17) is 32.3 Å². The second-order valence-electron chi connectivity index (χ2n) is 13.0. The fraction of sp³-hybridized carbons (Fsp3) is 0.529. The predicted octanol–water partition coefficient (Wildman–Crippen LogP) is 7.03. The predicted molar refractivity (Wildman–Crippen MR) is 183 cm³/mol. The van der Waals surface area contributed by atoms with Crippen molar-refractivity contribution >= 4 is 46.6 Å². The monoisotopic (exact) mass is 658 g/mol. The smallest absolute Gasteiger partial charge is 0.275 e.